The molecular formula is C13H11BrMg. The molecular weight excluding hydrogens is 260 g/mol. The standard InChI is InChI=1S/C13H11.BrH.Mg/c1-11-7-5-6-10-13(11)12-8-3-2-4-9-12;;/h2-10H,1H2;1H;/q;;+1/p-1. The summed E-state index contributed by atoms with van der Waals surface area (Å²) in [6.07, 6.45) is 0. The molecule has 0 nitrogen and oxygen atoms in total. The molecule has 0 N–H and O–H groups in total. The van der Waals surface area contributed by atoms with Crippen LogP contribution in [0.2, 0.25) is 0 Å². The average Bonchev–Trinajstić information content (AvgIpc) is 2.30. The Morgan fingerprint density at radius 2 is 1.40 bits per heavy atom. The SMILES string of the molecule is [Br-].[Mg+][CH2]c1ccccc1-c1ccccc1. The second-order valence-electron chi connectivity index (χ2n) is 3.27. The molecule has 0 spiro atoms. The first-order valence-electron chi connectivity index (χ1n) is 4.84. The molecule has 0 radical (unpaired) electrons. The van der Waals surface area contributed by atoms with Gasteiger partial charge in [0.05, 0.1) is 0 Å². The molecule has 2 heteroatoms. The van der Waals surface area contributed by atoms with E-state index in [1.165, 1.54) is 16.7 Å². The number of halogens is 1. The molecule has 0 unspecified atom stereocenters. The van der Waals surface area contributed by atoms with Gasteiger partial charge in [-0.05, 0) is 0 Å². The van der Waals surface area contributed by atoms with Crippen LogP contribution >= 0.6 is 0 Å². The average molecular weight is 271 g/mol. The molecule has 2 rings (SSSR count). The van der Waals surface area contributed by atoms with Crippen molar-refractivity contribution in [3.63, 3.8) is 0 Å². The molecule has 0 fully saturated rings. The zero-order valence-electron chi connectivity index (χ0n) is 8.49. The monoisotopic (exact) mass is 270 g/mol. The van der Waals surface area contributed by atoms with E-state index in [0.29, 0.717) is 0 Å². The zero-order valence-corrected chi connectivity index (χ0v) is 11.5. The van der Waals surface area contributed by atoms with E-state index < -0.39 is 0 Å². The second-order valence-corrected chi connectivity index (χ2v) is 3.77. The van der Waals surface area contributed by atoms with Gasteiger partial charge < -0.3 is 17.0 Å². The van der Waals surface area contributed by atoms with Crippen molar-refractivity contribution in [2.24, 2.45) is 0 Å². The van der Waals surface area contributed by atoms with E-state index in [1.54, 1.807) is 0 Å². The first-order valence-corrected chi connectivity index (χ1v) is 5.84. The minimum atomic E-state index is 0. The third-order valence-electron chi connectivity index (χ3n) is 2.37. The maximum absolute atomic E-state index is 2.20. The van der Waals surface area contributed by atoms with Crippen molar-refractivity contribution in [3.05, 3.63) is 60.2 Å². The Morgan fingerprint density at radius 1 is 0.800 bits per heavy atom. The van der Waals surface area contributed by atoms with Crippen LogP contribution in [0.4, 0.5) is 0 Å². The van der Waals surface area contributed by atoms with Gasteiger partial charge in [-0.3, -0.25) is 0 Å². The molecule has 0 atom stereocenters. The van der Waals surface area contributed by atoms with Crippen LogP contribution in [0.25, 0.3) is 11.1 Å². The quantitative estimate of drug-likeness (QED) is 0.676. The van der Waals surface area contributed by atoms with Crippen molar-refractivity contribution in [1.29, 1.82) is 0 Å². The van der Waals surface area contributed by atoms with Crippen LogP contribution in [0.1, 0.15) is 5.56 Å². The van der Waals surface area contributed by atoms with E-state index in [9.17, 15) is 0 Å². The summed E-state index contributed by atoms with van der Waals surface area (Å²) in [6.45, 7) is 0. The third kappa shape index (κ3) is 3.07. The van der Waals surface area contributed by atoms with Gasteiger partial charge in [0.1, 0.15) is 0 Å². The Bertz CT molecular complexity index is 412. The normalized spacial score (nSPS) is 9.47. The molecule has 0 saturated heterocycles. The Balaban J connectivity index is 0.00000112. The zero-order chi connectivity index (χ0) is 9.80. The summed E-state index contributed by atoms with van der Waals surface area (Å²) >= 11 is 2.00. The first-order chi connectivity index (χ1) is 6.92. The summed E-state index contributed by atoms with van der Waals surface area (Å²) in [6, 6.07) is 19.2. The van der Waals surface area contributed by atoms with Gasteiger partial charge in [-0.1, -0.05) is 0 Å². The van der Waals surface area contributed by atoms with E-state index in [4.69, 9.17) is 0 Å². The van der Waals surface area contributed by atoms with Crippen molar-refractivity contribution in [2.75, 3.05) is 0 Å². The molecule has 72 valence electrons. The van der Waals surface area contributed by atoms with Crippen LogP contribution in [0.5, 0.6) is 0 Å². The molecule has 15 heavy (non-hydrogen) atoms. The van der Waals surface area contributed by atoms with Crippen molar-refractivity contribution < 1.29 is 17.0 Å². The van der Waals surface area contributed by atoms with Crippen LogP contribution < -0.4 is 17.0 Å². The van der Waals surface area contributed by atoms with E-state index in [1.807, 2.05) is 21.7 Å². The Hall–Kier alpha value is -0.314. The van der Waals surface area contributed by atoms with Crippen LogP contribution in [0, 0.1) is 0 Å². The molecule has 0 heterocycles. The predicted octanol–water partition coefficient (Wildman–Crippen LogP) is 0.0261. The van der Waals surface area contributed by atoms with Gasteiger partial charge in [0.25, 0.3) is 0 Å². The first kappa shape index (κ1) is 12.8. The summed E-state index contributed by atoms with van der Waals surface area (Å²) < 4.78 is 1.12. The van der Waals surface area contributed by atoms with E-state index in [0.717, 1.165) is 4.55 Å². The van der Waals surface area contributed by atoms with Gasteiger partial charge in [-0.2, -0.15) is 0 Å². The van der Waals surface area contributed by atoms with Crippen molar-refractivity contribution in [3.8, 4) is 11.1 Å². The summed E-state index contributed by atoms with van der Waals surface area (Å²) in [5, 5.41) is 0. The van der Waals surface area contributed by atoms with Crippen LogP contribution in [-0.2, 0) is 4.55 Å². The van der Waals surface area contributed by atoms with Gasteiger partial charge >= 0.3 is 97.5 Å². The summed E-state index contributed by atoms with van der Waals surface area (Å²) in [7, 11) is 0. The molecule has 0 bridgehead atoms. The van der Waals surface area contributed by atoms with Crippen molar-refractivity contribution >= 4 is 21.7 Å². The van der Waals surface area contributed by atoms with Gasteiger partial charge in [-0.15, -0.1) is 0 Å². The van der Waals surface area contributed by atoms with Crippen LogP contribution in [0.3, 0.4) is 0 Å². The van der Waals surface area contributed by atoms with E-state index in [2.05, 4.69) is 54.6 Å². The topological polar surface area (TPSA) is 0 Å². The Kier molecular flexibility index (Phi) is 5.36. The molecule has 2 aromatic rings. The summed E-state index contributed by atoms with van der Waals surface area (Å²) in [4.78, 5) is 0. The maximum atomic E-state index is 2.20. The second kappa shape index (κ2) is 6.31. The summed E-state index contributed by atoms with van der Waals surface area (Å²) in [5.74, 6) is 0. The fourth-order valence-corrected chi connectivity index (χ4v) is 2.07. The molecule has 2 aromatic carbocycles. The predicted molar refractivity (Wildman–Crippen MR) is 61.3 cm³/mol. The third-order valence-corrected chi connectivity index (χ3v) is 2.91. The molecule has 0 saturated carbocycles. The van der Waals surface area contributed by atoms with Gasteiger partial charge in [0.2, 0.25) is 0 Å². The molecule has 0 amide bonds. The number of hydrogen-bond acceptors (Lipinski definition) is 0. The van der Waals surface area contributed by atoms with E-state index in [-0.39, 0.29) is 17.0 Å². The van der Waals surface area contributed by atoms with E-state index >= 15 is 0 Å². The molecule has 0 aliphatic carbocycles. The fourth-order valence-electron chi connectivity index (χ4n) is 1.64. The minimum absolute atomic E-state index is 0. The number of benzene rings is 2. The molecule has 0 aromatic heterocycles. The summed E-state index contributed by atoms with van der Waals surface area (Å²) in [5.41, 5.74) is 4.11. The van der Waals surface area contributed by atoms with Gasteiger partial charge in [-0.25, -0.2) is 0 Å². The Morgan fingerprint density at radius 3 is 2.07 bits per heavy atom. The van der Waals surface area contributed by atoms with Crippen molar-refractivity contribution in [2.45, 2.75) is 4.55 Å². The molecule has 0 aliphatic rings. The Labute approximate surface area is 114 Å². The van der Waals surface area contributed by atoms with Crippen LogP contribution in [0.15, 0.2) is 54.6 Å². The fraction of sp³-hybridized carbons (Fsp3) is 0.0769. The molecule has 0 aliphatic heterocycles. The van der Waals surface area contributed by atoms with Gasteiger partial charge in [0, 0.05) is 0 Å². The van der Waals surface area contributed by atoms with Gasteiger partial charge in [0.15, 0.2) is 0 Å². The number of rotatable bonds is 2. The van der Waals surface area contributed by atoms with Crippen LogP contribution in [-0.4, -0.2) is 21.7 Å². The van der Waals surface area contributed by atoms with Crippen molar-refractivity contribution in [1.82, 2.24) is 0 Å². The number of hydrogen-bond donors (Lipinski definition) is 0.